The van der Waals surface area contributed by atoms with Gasteiger partial charge >= 0.3 is 0 Å². The summed E-state index contributed by atoms with van der Waals surface area (Å²) < 4.78 is 26.3. The molecular formula is C10H13ClO3S. The standard InChI is InChI=1S/C10H13ClO3S/c1-14-10-6-4-9(5-7-10)3-2-8-15(11,12)13/h4-7H,2-3,8H2,1H3. The van der Waals surface area contributed by atoms with Crippen LogP contribution in [0.4, 0.5) is 0 Å². The second-order valence-corrected chi connectivity index (χ2v) is 6.09. The SMILES string of the molecule is COc1ccc(CCCS(=O)(=O)Cl)cc1. The minimum Gasteiger partial charge on any atom is -0.497 e. The molecule has 0 N–H and O–H groups in total. The van der Waals surface area contributed by atoms with Crippen LogP contribution in [0.3, 0.4) is 0 Å². The van der Waals surface area contributed by atoms with Gasteiger partial charge in [0.15, 0.2) is 0 Å². The van der Waals surface area contributed by atoms with Gasteiger partial charge in [-0.05, 0) is 30.5 Å². The van der Waals surface area contributed by atoms with Crippen LogP contribution in [0.1, 0.15) is 12.0 Å². The highest BCUT2D eigenvalue weighted by molar-refractivity contribution is 8.13. The molecule has 0 fully saturated rings. The zero-order valence-corrected chi connectivity index (χ0v) is 10.0. The fourth-order valence-electron chi connectivity index (χ4n) is 1.24. The normalized spacial score (nSPS) is 11.3. The Morgan fingerprint density at radius 1 is 1.27 bits per heavy atom. The Labute approximate surface area is 94.4 Å². The largest absolute Gasteiger partial charge is 0.497 e. The average Bonchev–Trinajstić information content (AvgIpc) is 2.17. The summed E-state index contributed by atoms with van der Waals surface area (Å²) in [5, 5.41) is 0. The monoisotopic (exact) mass is 248 g/mol. The Morgan fingerprint density at radius 2 is 1.87 bits per heavy atom. The molecule has 5 heteroatoms. The number of hydrogen-bond donors (Lipinski definition) is 0. The molecule has 0 spiro atoms. The van der Waals surface area contributed by atoms with Gasteiger partial charge in [0.2, 0.25) is 9.05 Å². The summed E-state index contributed by atoms with van der Waals surface area (Å²) in [5.41, 5.74) is 1.08. The lowest BCUT2D eigenvalue weighted by molar-refractivity contribution is 0.414. The van der Waals surface area contributed by atoms with E-state index in [1.165, 1.54) is 0 Å². The van der Waals surface area contributed by atoms with Crippen molar-refractivity contribution < 1.29 is 13.2 Å². The molecule has 0 saturated heterocycles. The van der Waals surface area contributed by atoms with Gasteiger partial charge in [-0.2, -0.15) is 0 Å². The number of aryl methyl sites for hydroxylation is 1. The second kappa shape index (κ2) is 5.37. The van der Waals surface area contributed by atoms with Gasteiger partial charge in [-0.1, -0.05) is 12.1 Å². The second-order valence-electron chi connectivity index (χ2n) is 3.19. The molecule has 0 radical (unpaired) electrons. The third-order valence-corrected chi connectivity index (χ3v) is 3.25. The molecule has 1 aromatic rings. The Morgan fingerprint density at radius 3 is 2.33 bits per heavy atom. The number of hydrogen-bond acceptors (Lipinski definition) is 3. The summed E-state index contributed by atoms with van der Waals surface area (Å²) in [7, 11) is 3.35. The number of ether oxygens (including phenoxy) is 1. The summed E-state index contributed by atoms with van der Waals surface area (Å²) in [6, 6.07) is 7.54. The van der Waals surface area contributed by atoms with Crippen LogP contribution in [-0.2, 0) is 15.5 Å². The molecule has 0 saturated carbocycles. The summed E-state index contributed by atoms with van der Waals surface area (Å²) in [4.78, 5) is 0. The van der Waals surface area contributed by atoms with Crippen LogP contribution in [0, 0.1) is 0 Å². The third-order valence-electron chi connectivity index (χ3n) is 2.01. The van der Waals surface area contributed by atoms with E-state index in [4.69, 9.17) is 15.4 Å². The van der Waals surface area contributed by atoms with Crippen LogP contribution in [0.25, 0.3) is 0 Å². The van der Waals surface area contributed by atoms with E-state index >= 15 is 0 Å². The van der Waals surface area contributed by atoms with Gasteiger partial charge in [-0.15, -0.1) is 0 Å². The van der Waals surface area contributed by atoms with E-state index in [9.17, 15) is 8.42 Å². The molecule has 0 aliphatic rings. The minimum absolute atomic E-state index is 0.0145. The predicted octanol–water partition coefficient (Wildman–Crippen LogP) is 2.20. The zero-order chi connectivity index (χ0) is 11.3. The Kier molecular flexibility index (Phi) is 4.42. The van der Waals surface area contributed by atoms with Gasteiger partial charge in [0.05, 0.1) is 12.9 Å². The molecule has 1 aromatic carbocycles. The van der Waals surface area contributed by atoms with Gasteiger partial charge in [-0.3, -0.25) is 0 Å². The van der Waals surface area contributed by atoms with Crippen molar-refractivity contribution in [2.75, 3.05) is 12.9 Å². The summed E-state index contributed by atoms with van der Waals surface area (Å²) in [6.45, 7) is 0. The van der Waals surface area contributed by atoms with E-state index in [0.717, 1.165) is 11.3 Å². The Hall–Kier alpha value is -0.740. The van der Waals surface area contributed by atoms with Crippen LogP contribution in [0.5, 0.6) is 5.75 Å². The molecule has 0 bridgehead atoms. The van der Waals surface area contributed by atoms with Crippen molar-refractivity contribution in [1.82, 2.24) is 0 Å². The first-order valence-corrected chi connectivity index (χ1v) is 7.04. The van der Waals surface area contributed by atoms with Crippen molar-refractivity contribution in [3.63, 3.8) is 0 Å². The van der Waals surface area contributed by atoms with Crippen molar-refractivity contribution in [2.24, 2.45) is 0 Å². The average molecular weight is 249 g/mol. The quantitative estimate of drug-likeness (QED) is 0.751. The molecule has 0 unspecified atom stereocenters. The smallest absolute Gasteiger partial charge is 0.232 e. The first-order valence-electron chi connectivity index (χ1n) is 4.56. The van der Waals surface area contributed by atoms with Gasteiger partial charge in [-0.25, -0.2) is 8.42 Å². The fraction of sp³-hybridized carbons (Fsp3) is 0.400. The maximum absolute atomic E-state index is 10.7. The number of benzene rings is 1. The minimum atomic E-state index is -3.36. The third kappa shape index (κ3) is 5.04. The van der Waals surface area contributed by atoms with Crippen LogP contribution >= 0.6 is 10.7 Å². The summed E-state index contributed by atoms with van der Waals surface area (Å²) >= 11 is 0. The van der Waals surface area contributed by atoms with Gasteiger partial charge < -0.3 is 4.74 Å². The summed E-state index contributed by atoms with van der Waals surface area (Å²) in [5.74, 6) is 0.810. The molecule has 0 heterocycles. The highest BCUT2D eigenvalue weighted by Crippen LogP contribution is 2.13. The Balaban J connectivity index is 2.45. The van der Waals surface area contributed by atoms with Gasteiger partial charge in [0, 0.05) is 10.7 Å². The first-order chi connectivity index (χ1) is 7.01. The van der Waals surface area contributed by atoms with Crippen molar-refractivity contribution in [2.45, 2.75) is 12.8 Å². The first kappa shape index (κ1) is 12.3. The van der Waals surface area contributed by atoms with E-state index in [1.54, 1.807) is 7.11 Å². The molecule has 84 valence electrons. The molecule has 3 nitrogen and oxygen atoms in total. The van der Waals surface area contributed by atoms with E-state index in [1.807, 2.05) is 24.3 Å². The van der Waals surface area contributed by atoms with E-state index < -0.39 is 9.05 Å². The molecule has 0 amide bonds. The number of rotatable bonds is 5. The highest BCUT2D eigenvalue weighted by atomic mass is 35.7. The molecule has 0 aliphatic carbocycles. The predicted molar refractivity (Wildman–Crippen MR) is 61.0 cm³/mol. The summed E-state index contributed by atoms with van der Waals surface area (Å²) in [6.07, 6.45) is 1.24. The molecule has 0 aromatic heterocycles. The van der Waals surface area contributed by atoms with E-state index in [-0.39, 0.29) is 5.75 Å². The van der Waals surface area contributed by atoms with Crippen LogP contribution in [0.2, 0.25) is 0 Å². The van der Waals surface area contributed by atoms with Crippen molar-refractivity contribution in [1.29, 1.82) is 0 Å². The lowest BCUT2D eigenvalue weighted by atomic mass is 10.1. The fourth-order valence-corrected chi connectivity index (χ4v) is 2.06. The molecule has 0 atom stereocenters. The molecular weight excluding hydrogens is 236 g/mol. The lowest BCUT2D eigenvalue weighted by Crippen LogP contribution is -1.98. The number of halogens is 1. The molecule has 15 heavy (non-hydrogen) atoms. The molecule has 1 rings (SSSR count). The van der Waals surface area contributed by atoms with Crippen LogP contribution in [-0.4, -0.2) is 21.3 Å². The topological polar surface area (TPSA) is 43.4 Å². The van der Waals surface area contributed by atoms with Crippen LogP contribution < -0.4 is 4.74 Å². The molecule has 0 aliphatic heterocycles. The van der Waals surface area contributed by atoms with E-state index in [2.05, 4.69) is 0 Å². The maximum atomic E-state index is 10.7. The Bertz CT molecular complexity index is 397. The highest BCUT2D eigenvalue weighted by Gasteiger charge is 2.04. The zero-order valence-electron chi connectivity index (χ0n) is 8.44. The number of methoxy groups -OCH3 is 1. The van der Waals surface area contributed by atoms with Gasteiger partial charge in [0.25, 0.3) is 0 Å². The van der Waals surface area contributed by atoms with Crippen molar-refractivity contribution >= 4 is 19.7 Å². The van der Waals surface area contributed by atoms with Crippen LogP contribution in [0.15, 0.2) is 24.3 Å². The van der Waals surface area contributed by atoms with Crippen molar-refractivity contribution in [3.8, 4) is 5.75 Å². The van der Waals surface area contributed by atoms with Crippen molar-refractivity contribution in [3.05, 3.63) is 29.8 Å². The van der Waals surface area contributed by atoms with E-state index in [0.29, 0.717) is 12.8 Å². The lowest BCUT2D eigenvalue weighted by Gasteiger charge is -2.02. The maximum Gasteiger partial charge on any atom is 0.232 e. The van der Waals surface area contributed by atoms with Gasteiger partial charge in [0.1, 0.15) is 5.75 Å².